The highest BCUT2D eigenvalue weighted by molar-refractivity contribution is 14.0. The lowest BCUT2D eigenvalue weighted by Crippen LogP contribution is -2.49. The Kier molecular flexibility index (Phi) is 17.2. The van der Waals surface area contributed by atoms with E-state index in [2.05, 4.69) is 39.3 Å². The molecule has 0 bridgehead atoms. The van der Waals surface area contributed by atoms with Crippen LogP contribution in [-0.4, -0.2) is 102 Å². The highest BCUT2D eigenvalue weighted by Gasteiger charge is 2.14. The average molecular weight is 471 g/mol. The summed E-state index contributed by atoms with van der Waals surface area (Å²) in [6.07, 6.45) is 0.930. The van der Waals surface area contributed by atoms with Crippen molar-refractivity contribution in [1.29, 1.82) is 0 Å². The van der Waals surface area contributed by atoms with Gasteiger partial charge in [0.25, 0.3) is 0 Å². The molecule has 25 heavy (non-hydrogen) atoms. The van der Waals surface area contributed by atoms with Crippen LogP contribution in [0.15, 0.2) is 4.99 Å². The zero-order valence-corrected chi connectivity index (χ0v) is 18.6. The molecule has 0 atom stereocenters. The van der Waals surface area contributed by atoms with Crippen molar-refractivity contribution in [2.24, 2.45) is 4.99 Å². The van der Waals surface area contributed by atoms with E-state index in [0.717, 1.165) is 45.2 Å². The van der Waals surface area contributed by atoms with Crippen molar-refractivity contribution >= 4 is 29.9 Å². The molecule has 0 unspecified atom stereocenters. The number of nitrogens with zero attached hydrogens (tertiary/aromatic N) is 3. The monoisotopic (exact) mass is 471 g/mol. The molecule has 0 aliphatic carbocycles. The predicted molar refractivity (Wildman–Crippen MR) is 115 cm³/mol. The second-order valence-corrected chi connectivity index (χ2v) is 5.92. The van der Waals surface area contributed by atoms with Crippen LogP contribution in [0.2, 0.25) is 0 Å². The van der Waals surface area contributed by atoms with Gasteiger partial charge in [0.1, 0.15) is 0 Å². The van der Waals surface area contributed by atoms with E-state index in [1.807, 2.05) is 0 Å². The summed E-state index contributed by atoms with van der Waals surface area (Å²) >= 11 is 0. The Morgan fingerprint density at radius 2 is 1.72 bits per heavy atom. The van der Waals surface area contributed by atoms with Crippen molar-refractivity contribution in [2.75, 3.05) is 85.8 Å². The molecule has 1 fully saturated rings. The Bertz CT molecular complexity index is 326. The van der Waals surface area contributed by atoms with Crippen LogP contribution >= 0.6 is 24.0 Å². The van der Waals surface area contributed by atoms with E-state index in [-0.39, 0.29) is 24.0 Å². The van der Waals surface area contributed by atoms with Crippen LogP contribution in [0, 0.1) is 0 Å². The molecule has 1 rings (SSSR count). The van der Waals surface area contributed by atoms with Gasteiger partial charge in [0.2, 0.25) is 0 Å². The van der Waals surface area contributed by atoms with Crippen molar-refractivity contribution in [3.63, 3.8) is 0 Å². The Labute approximate surface area is 170 Å². The summed E-state index contributed by atoms with van der Waals surface area (Å²) in [5.41, 5.74) is 0. The van der Waals surface area contributed by atoms with E-state index >= 15 is 0 Å². The average Bonchev–Trinajstić information content (AvgIpc) is 2.61. The quantitative estimate of drug-likeness (QED) is 0.191. The van der Waals surface area contributed by atoms with Crippen LogP contribution in [0.4, 0.5) is 0 Å². The number of halogens is 1. The third-order valence-corrected chi connectivity index (χ3v) is 4.13. The highest BCUT2D eigenvalue weighted by Crippen LogP contribution is 1.99. The van der Waals surface area contributed by atoms with Crippen LogP contribution < -0.4 is 10.6 Å². The molecule has 0 aromatic heterocycles. The topological polar surface area (TPSA) is 61.4 Å². The van der Waals surface area contributed by atoms with Crippen LogP contribution in [0.5, 0.6) is 0 Å². The van der Waals surface area contributed by atoms with Gasteiger partial charge in [0.15, 0.2) is 5.96 Å². The normalized spacial score (nSPS) is 16.5. The van der Waals surface area contributed by atoms with E-state index in [1.54, 1.807) is 7.11 Å². The van der Waals surface area contributed by atoms with E-state index in [1.165, 1.54) is 32.7 Å². The fourth-order valence-corrected chi connectivity index (χ4v) is 2.61. The number of rotatable bonds is 12. The molecule has 2 N–H and O–H groups in total. The number of hydrogen-bond acceptors (Lipinski definition) is 5. The van der Waals surface area contributed by atoms with Crippen molar-refractivity contribution in [3.05, 3.63) is 0 Å². The third kappa shape index (κ3) is 12.8. The molecule has 1 saturated heterocycles. The molecule has 8 heteroatoms. The molecule has 0 radical (unpaired) electrons. The number of methoxy groups -OCH3 is 1. The van der Waals surface area contributed by atoms with Gasteiger partial charge in [-0.15, -0.1) is 24.0 Å². The number of likely N-dealkylation sites (N-methyl/N-ethyl adjacent to an activating group) is 1. The Morgan fingerprint density at radius 1 is 1.00 bits per heavy atom. The first kappa shape index (κ1) is 24.8. The zero-order valence-electron chi connectivity index (χ0n) is 16.3. The fourth-order valence-electron chi connectivity index (χ4n) is 2.61. The van der Waals surface area contributed by atoms with Crippen molar-refractivity contribution in [3.8, 4) is 0 Å². The lowest BCUT2D eigenvalue weighted by atomic mass is 10.3. The predicted octanol–water partition coefficient (Wildman–Crippen LogP) is 0.850. The highest BCUT2D eigenvalue weighted by atomic mass is 127. The first-order valence-electron chi connectivity index (χ1n) is 9.33. The Balaban J connectivity index is 0.00000576. The zero-order chi connectivity index (χ0) is 17.5. The maximum Gasteiger partial charge on any atom is 0.191 e. The number of nitrogens with one attached hydrogen (secondary N) is 2. The number of hydrogen-bond donors (Lipinski definition) is 2. The number of ether oxygens (including phenoxy) is 2. The lowest BCUT2D eigenvalue weighted by Gasteiger charge is -2.34. The fraction of sp³-hybridized carbons (Fsp3) is 0.941. The minimum absolute atomic E-state index is 0. The van der Waals surface area contributed by atoms with Gasteiger partial charge in [-0.2, -0.15) is 0 Å². The summed E-state index contributed by atoms with van der Waals surface area (Å²) in [4.78, 5) is 9.62. The third-order valence-electron chi connectivity index (χ3n) is 4.13. The summed E-state index contributed by atoms with van der Waals surface area (Å²) in [5, 5.41) is 6.73. The van der Waals surface area contributed by atoms with Gasteiger partial charge >= 0.3 is 0 Å². The van der Waals surface area contributed by atoms with Gasteiger partial charge in [-0.25, -0.2) is 0 Å². The van der Waals surface area contributed by atoms with Crippen LogP contribution in [-0.2, 0) is 9.47 Å². The molecular weight excluding hydrogens is 433 g/mol. The van der Waals surface area contributed by atoms with Crippen LogP contribution in [0.1, 0.15) is 20.3 Å². The van der Waals surface area contributed by atoms with Gasteiger partial charge in [-0.05, 0) is 19.9 Å². The largest absolute Gasteiger partial charge is 0.382 e. The molecule has 0 aromatic rings. The van der Waals surface area contributed by atoms with Crippen LogP contribution in [0.25, 0.3) is 0 Å². The summed E-state index contributed by atoms with van der Waals surface area (Å²) in [5.74, 6) is 0.904. The summed E-state index contributed by atoms with van der Waals surface area (Å²) < 4.78 is 10.4. The van der Waals surface area contributed by atoms with Gasteiger partial charge in [-0.1, -0.05) is 6.92 Å². The molecule has 0 amide bonds. The lowest BCUT2D eigenvalue weighted by molar-refractivity contribution is 0.0702. The molecule has 1 aliphatic heterocycles. The minimum Gasteiger partial charge on any atom is -0.382 e. The summed E-state index contributed by atoms with van der Waals surface area (Å²) in [6.45, 7) is 15.9. The summed E-state index contributed by atoms with van der Waals surface area (Å²) in [6, 6.07) is 0. The first-order valence-corrected chi connectivity index (χ1v) is 9.33. The molecule has 0 aromatic carbocycles. The second-order valence-electron chi connectivity index (χ2n) is 5.92. The number of aliphatic imine (C=N–C) groups is 1. The molecule has 150 valence electrons. The molecule has 0 spiro atoms. The van der Waals surface area contributed by atoms with Gasteiger partial charge in [0.05, 0.1) is 13.2 Å². The van der Waals surface area contributed by atoms with Crippen molar-refractivity contribution in [2.45, 2.75) is 20.3 Å². The molecule has 0 saturated carbocycles. The first-order chi connectivity index (χ1) is 11.8. The van der Waals surface area contributed by atoms with E-state index in [0.29, 0.717) is 13.2 Å². The Morgan fingerprint density at radius 3 is 2.36 bits per heavy atom. The van der Waals surface area contributed by atoms with Crippen LogP contribution in [0.3, 0.4) is 0 Å². The summed E-state index contributed by atoms with van der Waals surface area (Å²) in [7, 11) is 1.69. The SMILES string of the molecule is CCNC(=NCCCOCCOC)NCCN1CCN(CC)CC1.I. The number of piperazine rings is 1. The standard InChI is InChI=1S/C17H37N5O2.HI/c1-4-18-17(19-7-6-14-24-16-15-23-3)20-8-9-22-12-10-21(5-2)11-13-22;/h4-16H2,1-3H3,(H2,18,19,20);1H. The second kappa shape index (κ2) is 17.3. The van der Waals surface area contributed by atoms with Gasteiger partial charge in [-0.3, -0.25) is 9.89 Å². The maximum atomic E-state index is 5.45. The van der Waals surface area contributed by atoms with Crippen molar-refractivity contribution < 1.29 is 9.47 Å². The molecule has 7 nitrogen and oxygen atoms in total. The van der Waals surface area contributed by atoms with Crippen molar-refractivity contribution in [1.82, 2.24) is 20.4 Å². The molecule has 1 heterocycles. The Hall–Kier alpha value is -0.160. The minimum atomic E-state index is 0. The smallest absolute Gasteiger partial charge is 0.191 e. The van der Waals surface area contributed by atoms with E-state index < -0.39 is 0 Å². The number of guanidine groups is 1. The van der Waals surface area contributed by atoms with E-state index in [9.17, 15) is 0 Å². The van der Waals surface area contributed by atoms with Gasteiger partial charge in [0, 0.05) is 66.1 Å². The van der Waals surface area contributed by atoms with E-state index in [4.69, 9.17) is 9.47 Å². The molecular formula is C17H38IN5O2. The maximum absolute atomic E-state index is 5.45. The molecule has 1 aliphatic rings. The van der Waals surface area contributed by atoms with Gasteiger partial charge < -0.3 is 25.0 Å².